The smallest absolute Gasteiger partial charge is 0.337 e. The van der Waals surface area contributed by atoms with Crippen molar-refractivity contribution >= 4 is 23.3 Å². The van der Waals surface area contributed by atoms with Gasteiger partial charge < -0.3 is 15.7 Å². The second-order valence-electron chi connectivity index (χ2n) is 4.04. The van der Waals surface area contributed by atoms with Crippen molar-refractivity contribution in [3.8, 4) is 0 Å². The topological polar surface area (TPSA) is 78.4 Å². The molecule has 5 nitrogen and oxygen atoms in total. The Labute approximate surface area is 98.8 Å². The Morgan fingerprint density at radius 3 is 2.94 bits per heavy atom. The molecular weight excluding hydrogens is 220 g/mol. The highest BCUT2D eigenvalue weighted by atomic mass is 16.4. The number of hydrogen-bond acceptors (Lipinski definition) is 3. The number of amides is 1. The maximum atomic E-state index is 11.6. The van der Waals surface area contributed by atoms with Crippen LogP contribution in [0.15, 0.2) is 18.2 Å². The lowest BCUT2D eigenvalue weighted by Crippen LogP contribution is -2.21. The summed E-state index contributed by atoms with van der Waals surface area (Å²) in [5, 5.41) is 14.9. The molecular formula is C12H14N2O3. The van der Waals surface area contributed by atoms with Crippen molar-refractivity contribution in [2.45, 2.75) is 25.8 Å². The molecule has 1 heterocycles. The minimum atomic E-state index is -1.04. The molecule has 1 atom stereocenters. The number of rotatable bonds is 2. The van der Waals surface area contributed by atoms with Gasteiger partial charge in [-0.1, -0.05) is 13.0 Å². The Bertz CT molecular complexity index is 471. The summed E-state index contributed by atoms with van der Waals surface area (Å²) in [5.41, 5.74) is 1.14. The van der Waals surface area contributed by atoms with Gasteiger partial charge in [-0.05, 0) is 18.6 Å². The van der Waals surface area contributed by atoms with Crippen LogP contribution in [0.4, 0.5) is 11.4 Å². The third kappa shape index (κ3) is 2.22. The van der Waals surface area contributed by atoms with Crippen LogP contribution in [0.3, 0.4) is 0 Å². The third-order valence-corrected chi connectivity index (χ3v) is 2.84. The van der Waals surface area contributed by atoms with Crippen LogP contribution in [0.1, 0.15) is 30.1 Å². The summed E-state index contributed by atoms with van der Waals surface area (Å²) in [6, 6.07) is 4.96. The Balaban J connectivity index is 2.47. The summed E-state index contributed by atoms with van der Waals surface area (Å²) >= 11 is 0. The Morgan fingerprint density at radius 1 is 1.53 bits per heavy atom. The van der Waals surface area contributed by atoms with E-state index in [0.717, 1.165) is 6.42 Å². The Kier molecular flexibility index (Phi) is 2.99. The van der Waals surface area contributed by atoms with Gasteiger partial charge in [0.25, 0.3) is 0 Å². The van der Waals surface area contributed by atoms with Crippen LogP contribution in [0.2, 0.25) is 0 Å². The Morgan fingerprint density at radius 2 is 2.29 bits per heavy atom. The lowest BCUT2D eigenvalue weighted by atomic mass is 10.1. The van der Waals surface area contributed by atoms with E-state index in [0.29, 0.717) is 17.8 Å². The van der Waals surface area contributed by atoms with Gasteiger partial charge in [-0.3, -0.25) is 4.79 Å². The van der Waals surface area contributed by atoms with Crippen LogP contribution in [-0.4, -0.2) is 23.0 Å². The number of benzene rings is 1. The quantitative estimate of drug-likeness (QED) is 0.730. The van der Waals surface area contributed by atoms with E-state index in [-0.39, 0.29) is 17.5 Å². The van der Waals surface area contributed by atoms with Crippen molar-refractivity contribution in [2.24, 2.45) is 0 Å². The van der Waals surface area contributed by atoms with Gasteiger partial charge in [0.2, 0.25) is 5.91 Å². The molecule has 0 fully saturated rings. The van der Waals surface area contributed by atoms with E-state index in [1.165, 1.54) is 6.07 Å². The van der Waals surface area contributed by atoms with Crippen molar-refractivity contribution in [2.75, 3.05) is 10.6 Å². The molecule has 1 aliphatic rings. The van der Waals surface area contributed by atoms with Crippen LogP contribution in [-0.2, 0) is 4.79 Å². The molecule has 1 unspecified atom stereocenters. The number of carboxylic acid groups (broad SMARTS) is 1. The van der Waals surface area contributed by atoms with Crippen molar-refractivity contribution in [1.82, 2.24) is 0 Å². The minimum absolute atomic E-state index is 0.0419. The lowest BCUT2D eigenvalue weighted by molar-refractivity contribution is -0.116. The van der Waals surface area contributed by atoms with E-state index in [1.54, 1.807) is 12.1 Å². The maximum absolute atomic E-state index is 11.6. The van der Waals surface area contributed by atoms with Crippen molar-refractivity contribution in [1.29, 1.82) is 0 Å². The number of anilines is 2. The fraction of sp³-hybridized carbons (Fsp3) is 0.333. The molecule has 1 aromatic rings. The second-order valence-corrected chi connectivity index (χ2v) is 4.04. The first kappa shape index (κ1) is 11.4. The van der Waals surface area contributed by atoms with Crippen LogP contribution in [0.5, 0.6) is 0 Å². The first-order valence-corrected chi connectivity index (χ1v) is 5.54. The first-order chi connectivity index (χ1) is 8.11. The van der Waals surface area contributed by atoms with Crippen molar-refractivity contribution < 1.29 is 14.7 Å². The first-order valence-electron chi connectivity index (χ1n) is 5.54. The summed E-state index contributed by atoms with van der Waals surface area (Å²) < 4.78 is 0. The summed E-state index contributed by atoms with van der Waals surface area (Å²) in [4.78, 5) is 22.7. The molecule has 90 valence electrons. The number of hydrogen-bond donors (Lipinski definition) is 3. The number of para-hydroxylation sites is 1. The molecule has 0 radical (unpaired) electrons. The SMILES string of the molecule is CCC1CC(=O)Nc2c(cccc2C(=O)O)N1. The highest BCUT2D eigenvalue weighted by molar-refractivity contribution is 6.05. The summed E-state index contributed by atoms with van der Waals surface area (Å²) in [7, 11) is 0. The molecule has 1 aromatic carbocycles. The van der Waals surface area contributed by atoms with E-state index in [9.17, 15) is 9.59 Å². The number of carbonyl (C=O) groups is 2. The van der Waals surface area contributed by atoms with Gasteiger partial charge in [0, 0.05) is 12.5 Å². The van der Waals surface area contributed by atoms with Crippen molar-refractivity contribution in [3.63, 3.8) is 0 Å². The monoisotopic (exact) mass is 234 g/mol. The molecule has 3 N–H and O–H groups in total. The molecule has 1 amide bonds. The van der Waals surface area contributed by atoms with E-state index in [4.69, 9.17) is 5.11 Å². The molecule has 2 rings (SSSR count). The zero-order chi connectivity index (χ0) is 12.4. The molecule has 0 aliphatic carbocycles. The standard InChI is InChI=1S/C12H14N2O3/c1-2-7-6-10(15)14-11-8(12(16)17)4-3-5-9(11)13-7/h3-5,7,13H,2,6H2,1H3,(H,14,15)(H,16,17). The number of carboxylic acids is 1. The average molecular weight is 234 g/mol. The lowest BCUT2D eigenvalue weighted by Gasteiger charge is -2.15. The molecule has 0 spiro atoms. The highest BCUT2D eigenvalue weighted by Crippen LogP contribution is 2.30. The van der Waals surface area contributed by atoms with Crippen LogP contribution >= 0.6 is 0 Å². The van der Waals surface area contributed by atoms with E-state index < -0.39 is 5.97 Å². The predicted molar refractivity (Wildman–Crippen MR) is 64.3 cm³/mol. The van der Waals surface area contributed by atoms with Gasteiger partial charge in [-0.15, -0.1) is 0 Å². The van der Waals surface area contributed by atoms with Gasteiger partial charge in [-0.2, -0.15) is 0 Å². The highest BCUT2D eigenvalue weighted by Gasteiger charge is 2.23. The minimum Gasteiger partial charge on any atom is -0.478 e. The van der Waals surface area contributed by atoms with Crippen molar-refractivity contribution in [3.05, 3.63) is 23.8 Å². The van der Waals surface area contributed by atoms with Crippen LogP contribution in [0.25, 0.3) is 0 Å². The molecule has 0 aromatic heterocycles. The molecule has 0 saturated heterocycles. The van der Waals surface area contributed by atoms with E-state index >= 15 is 0 Å². The fourth-order valence-corrected chi connectivity index (χ4v) is 1.92. The van der Waals surface area contributed by atoms with Crippen LogP contribution < -0.4 is 10.6 Å². The summed E-state index contributed by atoms with van der Waals surface area (Å²) in [6.45, 7) is 1.98. The van der Waals surface area contributed by atoms with E-state index in [1.807, 2.05) is 6.92 Å². The predicted octanol–water partition coefficient (Wildman–Crippen LogP) is 1.92. The molecule has 1 aliphatic heterocycles. The van der Waals surface area contributed by atoms with Gasteiger partial charge in [0.1, 0.15) is 0 Å². The molecule has 0 saturated carbocycles. The van der Waals surface area contributed by atoms with Crippen LogP contribution in [0, 0.1) is 0 Å². The normalized spacial score (nSPS) is 18.6. The van der Waals surface area contributed by atoms with Gasteiger partial charge in [-0.25, -0.2) is 4.79 Å². The number of nitrogens with one attached hydrogen (secondary N) is 2. The molecule has 17 heavy (non-hydrogen) atoms. The fourth-order valence-electron chi connectivity index (χ4n) is 1.92. The largest absolute Gasteiger partial charge is 0.478 e. The molecule has 0 bridgehead atoms. The van der Waals surface area contributed by atoms with E-state index in [2.05, 4.69) is 10.6 Å². The summed E-state index contributed by atoms with van der Waals surface area (Å²) in [5.74, 6) is -1.20. The third-order valence-electron chi connectivity index (χ3n) is 2.84. The zero-order valence-corrected chi connectivity index (χ0v) is 9.49. The van der Waals surface area contributed by atoms with Gasteiger partial charge in [0.15, 0.2) is 0 Å². The van der Waals surface area contributed by atoms with Gasteiger partial charge in [0.05, 0.1) is 16.9 Å². The Hall–Kier alpha value is -2.04. The summed E-state index contributed by atoms with van der Waals surface area (Å²) in [6.07, 6.45) is 1.16. The van der Waals surface area contributed by atoms with Gasteiger partial charge >= 0.3 is 5.97 Å². The number of fused-ring (bicyclic) bond motifs is 1. The average Bonchev–Trinajstić information content (AvgIpc) is 2.45. The number of aromatic carboxylic acids is 1. The zero-order valence-electron chi connectivity index (χ0n) is 9.49. The maximum Gasteiger partial charge on any atom is 0.337 e. The second kappa shape index (κ2) is 4.45. The number of carbonyl (C=O) groups excluding carboxylic acids is 1. The molecule has 5 heteroatoms.